The van der Waals surface area contributed by atoms with Gasteiger partial charge < -0.3 is 19.8 Å². The normalized spacial score (nSPS) is 14.5. The lowest BCUT2D eigenvalue weighted by molar-refractivity contribution is -0.870. The smallest absolute Gasteiger partial charge is 0.387 e. The highest BCUT2D eigenvalue weighted by atomic mass is 31.2. The van der Waals surface area contributed by atoms with Gasteiger partial charge in [0.05, 0.1) is 39.9 Å². The number of phosphoric acid groups is 1. The predicted molar refractivity (Wildman–Crippen MR) is 235 cm³/mol. The second kappa shape index (κ2) is 38.5. The summed E-state index contributed by atoms with van der Waals surface area (Å²) in [7, 11) is 1.56. The molecular formula is C46H92N2O6P+. The van der Waals surface area contributed by atoms with E-state index in [9.17, 15) is 19.4 Å². The van der Waals surface area contributed by atoms with Crippen LogP contribution in [0.1, 0.15) is 213 Å². The number of amides is 1. The molecule has 0 spiro atoms. The summed E-state index contributed by atoms with van der Waals surface area (Å²) < 4.78 is 23.6. The van der Waals surface area contributed by atoms with Gasteiger partial charge in [0.25, 0.3) is 0 Å². The minimum atomic E-state index is -4.34. The molecule has 3 N–H and O–H groups in total. The van der Waals surface area contributed by atoms with E-state index < -0.39 is 20.0 Å². The van der Waals surface area contributed by atoms with Gasteiger partial charge in [0, 0.05) is 6.42 Å². The number of carbonyl (C=O) groups excluding carboxylic acids is 1. The summed E-state index contributed by atoms with van der Waals surface area (Å²) in [6.45, 7) is 4.80. The first-order chi connectivity index (χ1) is 26.5. The van der Waals surface area contributed by atoms with Gasteiger partial charge in [0.1, 0.15) is 13.2 Å². The van der Waals surface area contributed by atoms with Crippen molar-refractivity contribution in [3.8, 4) is 0 Å². The number of aliphatic hydroxyl groups excluding tert-OH is 1. The first-order valence-electron chi connectivity index (χ1n) is 23.2. The Labute approximate surface area is 341 Å². The van der Waals surface area contributed by atoms with E-state index in [-0.39, 0.29) is 19.1 Å². The number of nitrogens with one attached hydrogen (secondary N) is 1. The molecule has 0 aromatic carbocycles. The van der Waals surface area contributed by atoms with Crippen LogP contribution < -0.4 is 5.32 Å². The van der Waals surface area contributed by atoms with Gasteiger partial charge in [-0.3, -0.25) is 13.8 Å². The third-order valence-corrected chi connectivity index (χ3v) is 11.4. The maximum atomic E-state index is 12.9. The maximum absolute atomic E-state index is 12.9. The molecule has 0 rings (SSSR count). The van der Waals surface area contributed by atoms with Crippen LogP contribution in [-0.4, -0.2) is 73.4 Å². The third-order valence-electron chi connectivity index (χ3n) is 10.4. The molecule has 8 nitrogen and oxygen atoms in total. The van der Waals surface area contributed by atoms with Gasteiger partial charge in [-0.05, 0) is 32.1 Å². The summed E-state index contributed by atoms with van der Waals surface area (Å²) >= 11 is 0. The van der Waals surface area contributed by atoms with Crippen molar-refractivity contribution in [2.24, 2.45) is 0 Å². The van der Waals surface area contributed by atoms with Gasteiger partial charge in [0.15, 0.2) is 0 Å². The predicted octanol–water partition coefficient (Wildman–Crippen LogP) is 12.9. The number of hydrogen-bond acceptors (Lipinski definition) is 5. The fraction of sp³-hybridized carbons (Fsp3) is 0.891. The summed E-state index contributed by atoms with van der Waals surface area (Å²) in [5.74, 6) is -0.185. The highest BCUT2D eigenvalue weighted by Crippen LogP contribution is 2.43. The third kappa shape index (κ3) is 41.0. The van der Waals surface area contributed by atoms with Gasteiger partial charge in [-0.2, -0.15) is 0 Å². The molecule has 55 heavy (non-hydrogen) atoms. The van der Waals surface area contributed by atoms with Crippen molar-refractivity contribution in [3.63, 3.8) is 0 Å². The van der Waals surface area contributed by atoms with Crippen molar-refractivity contribution in [2.45, 2.75) is 225 Å². The van der Waals surface area contributed by atoms with E-state index in [0.29, 0.717) is 17.4 Å². The fourth-order valence-electron chi connectivity index (χ4n) is 6.70. The molecule has 0 aliphatic heterocycles. The molecule has 9 heteroatoms. The van der Waals surface area contributed by atoms with Crippen LogP contribution in [0, 0.1) is 0 Å². The van der Waals surface area contributed by atoms with Crippen LogP contribution in [0.4, 0.5) is 0 Å². The zero-order chi connectivity index (χ0) is 40.7. The summed E-state index contributed by atoms with van der Waals surface area (Å²) in [6, 6.07) is -0.857. The Kier molecular flexibility index (Phi) is 37.8. The van der Waals surface area contributed by atoms with E-state index in [4.69, 9.17) is 9.05 Å². The van der Waals surface area contributed by atoms with E-state index >= 15 is 0 Å². The zero-order valence-corrected chi connectivity index (χ0v) is 37.8. The summed E-state index contributed by atoms with van der Waals surface area (Å²) in [6.07, 6.45) is 45.3. The van der Waals surface area contributed by atoms with Crippen LogP contribution in [0.25, 0.3) is 0 Å². The number of aliphatic hydroxyl groups is 1. The van der Waals surface area contributed by atoms with Crippen LogP contribution in [0.5, 0.6) is 0 Å². The highest BCUT2D eigenvalue weighted by Gasteiger charge is 2.27. The lowest BCUT2D eigenvalue weighted by Crippen LogP contribution is -2.45. The quantitative estimate of drug-likeness (QED) is 0.0246. The van der Waals surface area contributed by atoms with Gasteiger partial charge in [-0.25, -0.2) is 4.57 Å². The number of allylic oxidation sites excluding steroid dienone is 3. The second-order valence-electron chi connectivity index (χ2n) is 17.1. The Hall–Kier alpha value is -1.02. The molecule has 0 heterocycles. The lowest BCUT2D eigenvalue weighted by atomic mass is 10.0. The molecule has 0 aromatic rings. The Balaban J connectivity index is 4.42. The molecule has 0 aromatic heterocycles. The van der Waals surface area contributed by atoms with E-state index in [1.165, 1.54) is 154 Å². The molecule has 0 aliphatic carbocycles. The first kappa shape index (κ1) is 54.0. The van der Waals surface area contributed by atoms with Gasteiger partial charge in [0.2, 0.25) is 5.91 Å². The van der Waals surface area contributed by atoms with Crippen LogP contribution >= 0.6 is 7.82 Å². The Morgan fingerprint density at radius 3 is 1.45 bits per heavy atom. The summed E-state index contributed by atoms with van der Waals surface area (Å²) in [4.78, 5) is 23.1. The molecule has 3 unspecified atom stereocenters. The van der Waals surface area contributed by atoms with Gasteiger partial charge in [-0.1, -0.05) is 199 Å². The maximum Gasteiger partial charge on any atom is 0.472 e. The van der Waals surface area contributed by atoms with Crippen molar-refractivity contribution < 1.29 is 32.9 Å². The molecule has 0 saturated carbocycles. The summed E-state index contributed by atoms with van der Waals surface area (Å²) in [5.41, 5.74) is 0. The van der Waals surface area contributed by atoms with E-state index in [0.717, 1.165) is 38.5 Å². The monoisotopic (exact) mass is 800 g/mol. The topological polar surface area (TPSA) is 105 Å². The zero-order valence-electron chi connectivity index (χ0n) is 36.9. The molecule has 1 amide bonds. The van der Waals surface area contributed by atoms with E-state index in [1.54, 1.807) is 6.08 Å². The first-order valence-corrected chi connectivity index (χ1v) is 24.7. The average molecular weight is 800 g/mol. The SMILES string of the molecule is CCCCCCCCCCCCCCC/C=C/CC/C=C/C(O)C(COP(=O)(O)OCC[N+](C)(C)C)NC(=O)CCCCCCCCCCCCCCCC. The molecule has 0 radical (unpaired) electrons. The van der Waals surface area contributed by atoms with Crippen LogP contribution in [-0.2, 0) is 18.4 Å². The van der Waals surface area contributed by atoms with Crippen LogP contribution in [0.3, 0.4) is 0 Å². The minimum Gasteiger partial charge on any atom is -0.387 e. The summed E-state index contributed by atoms with van der Waals surface area (Å²) in [5, 5.41) is 13.8. The number of likely N-dealkylation sites (N-methyl/N-ethyl adjacent to an activating group) is 1. The largest absolute Gasteiger partial charge is 0.472 e. The Morgan fingerprint density at radius 2 is 1.00 bits per heavy atom. The lowest BCUT2D eigenvalue weighted by Gasteiger charge is -2.25. The second-order valence-corrected chi connectivity index (χ2v) is 18.6. The molecule has 0 fully saturated rings. The molecule has 0 bridgehead atoms. The molecular weight excluding hydrogens is 707 g/mol. The number of hydrogen-bond donors (Lipinski definition) is 3. The van der Waals surface area contributed by atoms with Crippen LogP contribution in [0.15, 0.2) is 24.3 Å². The van der Waals surface area contributed by atoms with Crippen LogP contribution in [0.2, 0.25) is 0 Å². The number of carbonyl (C=O) groups is 1. The molecule has 326 valence electrons. The number of rotatable bonds is 42. The van der Waals surface area contributed by atoms with Crippen molar-refractivity contribution in [3.05, 3.63) is 24.3 Å². The standard InChI is InChI=1S/C46H91N2O6P/c1-6-8-10-12-14-16-18-20-22-23-24-25-26-27-29-31-33-35-37-39-45(49)44(43-54-55(51,52)53-42-41-48(3,4)5)47-46(50)40-38-36-34-32-30-28-21-19-17-15-13-11-9-7-2/h29,31,37,39,44-45,49H,6-28,30,32-36,38,40-43H2,1-5H3,(H-,47,50,51,52)/p+1/b31-29+,39-37+. The molecule has 3 atom stereocenters. The Bertz CT molecular complexity index is 953. The highest BCUT2D eigenvalue weighted by molar-refractivity contribution is 7.47. The van der Waals surface area contributed by atoms with Gasteiger partial charge >= 0.3 is 7.82 Å². The van der Waals surface area contributed by atoms with Crippen molar-refractivity contribution in [1.82, 2.24) is 5.32 Å². The van der Waals surface area contributed by atoms with Crippen molar-refractivity contribution in [2.75, 3.05) is 40.9 Å². The Morgan fingerprint density at radius 1 is 0.600 bits per heavy atom. The van der Waals surface area contributed by atoms with Gasteiger partial charge in [-0.15, -0.1) is 0 Å². The van der Waals surface area contributed by atoms with E-state index in [1.807, 2.05) is 27.2 Å². The fourth-order valence-corrected chi connectivity index (χ4v) is 7.44. The number of phosphoric ester groups is 1. The van der Waals surface area contributed by atoms with Crippen molar-refractivity contribution in [1.29, 1.82) is 0 Å². The molecule has 0 aliphatic rings. The van der Waals surface area contributed by atoms with E-state index in [2.05, 4.69) is 31.3 Å². The number of quaternary nitrogens is 1. The minimum absolute atomic E-state index is 0.0583. The number of unbranched alkanes of at least 4 members (excludes halogenated alkanes) is 27. The molecule has 0 saturated heterocycles. The van der Waals surface area contributed by atoms with Crippen molar-refractivity contribution >= 4 is 13.7 Å². The average Bonchev–Trinajstić information content (AvgIpc) is 3.13. The number of nitrogens with zero attached hydrogens (tertiary/aromatic N) is 1.